The van der Waals surface area contributed by atoms with Gasteiger partial charge in [-0.15, -0.1) is 0 Å². The fourth-order valence-electron chi connectivity index (χ4n) is 2.15. The third kappa shape index (κ3) is 2.64. The molecule has 0 aromatic heterocycles. The van der Waals surface area contributed by atoms with Crippen molar-refractivity contribution in [2.45, 2.75) is 26.0 Å². The number of nitrogens with two attached hydrogens (primary N) is 1. The molecule has 0 radical (unpaired) electrons. The van der Waals surface area contributed by atoms with Crippen LogP contribution in [0.1, 0.15) is 13.8 Å². The highest BCUT2D eigenvalue weighted by molar-refractivity contribution is 5.61. The van der Waals surface area contributed by atoms with Gasteiger partial charge in [-0.25, -0.2) is 0 Å². The van der Waals surface area contributed by atoms with Crippen LogP contribution >= 0.6 is 0 Å². The Bertz CT molecular complexity index is 395. The van der Waals surface area contributed by atoms with Gasteiger partial charge in [-0.05, 0) is 19.9 Å². The van der Waals surface area contributed by atoms with Crippen LogP contribution in [0.2, 0.25) is 0 Å². The maximum atomic E-state index is 5.88. The van der Waals surface area contributed by atoms with Crippen molar-refractivity contribution in [2.24, 2.45) is 0 Å². The van der Waals surface area contributed by atoms with Crippen LogP contribution in [-0.4, -0.2) is 32.4 Å². The lowest BCUT2D eigenvalue weighted by atomic mass is 10.1. The van der Waals surface area contributed by atoms with Crippen molar-refractivity contribution in [3.63, 3.8) is 0 Å². The molecule has 0 aliphatic carbocycles. The number of nitrogen functional groups attached to an aromatic ring is 1. The second-order valence-corrected chi connectivity index (χ2v) is 4.61. The van der Waals surface area contributed by atoms with E-state index in [1.807, 2.05) is 18.2 Å². The molecular weight excluding hydrogens is 216 g/mol. The average molecular weight is 236 g/mol. The monoisotopic (exact) mass is 236 g/mol. The Morgan fingerprint density at radius 1 is 1.35 bits per heavy atom. The first-order chi connectivity index (χ1) is 8.10. The van der Waals surface area contributed by atoms with Crippen LogP contribution in [0.15, 0.2) is 18.2 Å². The number of methoxy groups -OCH3 is 1. The number of nitrogens with zero attached hydrogens (tertiary/aromatic N) is 1. The van der Waals surface area contributed by atoms with Gasteiger partial charge in [0.25, 0.3) is 0 Å². The summed E-state index contributed by atoms with van der Waals surface area (Å²) in [6, 6.07) is 6.19. The minimum absolute atomic E-state index is 0.249. The first kappa shape index (κ1) is 12.0. The van der Waals surface area contributed by atoms with Crippen molar-refractivity contribution in [3.05, 3.63) is 18.2 Å². The highest BCUT2D eigenvalue weighted by atomic mass is 16.5. The van der Waals surface area contributed by atoms with Crippen LogP contribution < -0.4 is 15.4 Å². The molecule has 0 amide bonds. The van der Waals surface area contributed by atoms with Crippen molar-refractivity contribution >= 4 is 11.4 Å². The van der Waals surface area contributed by atoms with E-state index in [4.69, 9.17) is 15.2 Å². The molecule has 1 aliphatic rings. The Hall–Kier alpha value is -1.42. The summed E-state index contributed by atoms with van der Waals surface area (Å²) in [5.41, 5.74) is 7.71. The first-order valence-corrected chi connectivity index (χ1v) is 5.93. The lowest BCUT2D eigenvalue weighted by Crippen LogP contribution is -2.47. The van der Waals surface area contributed by atoms with Gasteiger partial charge in [0.05, 0.1) is 19.8 Å². The first-order valence-electron chi connectivity index (χ1n) is 5.93. The fraction of sp³-hybridized carbons (Fsp3) is 0.538. The van der Waals surface area contributed by atoms with Crippen molar-refractivity contribution in [1.29, 1.82) is 0 Å². The molecule has 2 N–H and O–H groups in total. The summed E-state index contributed by atoms with van der Waals surface area (Å²) in [6.07, 6.45) is 0.249. The van der Waals surface area contributed by atoms with E-state index in [9.17, 15) is 0 Å². The normalized spacial score (nSPS) is 24.8. The molecule has 0 saturated carbocycles. The zero-order valence-corrected chi connectivity index (χ0v) is 10.6. The van der Waals surface area contributed by atoms with Crippen LogP contribution in [0, 0.1) is 0 Å². The van der Waals surface area contributed by atoms with Gasteiger partial charge in [0, 0.05) is 36.1 Å². The van der Waals surface area contributed by atoms with E-state index in [1.165, 1.54) is 0 Å². The van der Waals surface area contributed by atoms with Crippen molar-refractivity contribution in [2.75, 3.05) is 30.9 Å². The lowest BCUT2D eigenvalue weighted by Gasteiger charge is -2.38. The smallest absolute Gasteiger partial charge is 0.122 e. The summed E-state index contributed by atoms with van der Waals surface area (Å²) < 4.78 is 10.9. The summed E-state index contributed by atoms with van der Waals surface area (Å²) in [5.74, 6) is 0.798. The molecule has 1 heterocycles. The highest BCUT2D eigenvalue weighted by Gasteiger charge is 2.24. The van der Waals surface area contributed by atoms with E-state index in [2.05, 4.69) is 18.7 Å². The third-order valence-electron chi connectivity index (χ3n) is 3.09. The Kier molecular flexibility index (Phi) is 3.43. The van der Waals surface area contributed by atoms with Gasteiger partial charge in [0.1, 0.15) is 5.75 Å². The van der Waals surface area contributed by atoms with Crippen LogP contribution in [-0.2, 0) is 4.74 Å². The van der Waals surface area contributed by atoms with E-state index >= 15 is 0 Å². The number of hydrogen-bond donors (Lipinski definition) is 1. The van der Waals surface area contributed by atoms with E-state index in [0.29, 0.717) is 6.04 Å². The number of rotatable bonds is 2. The van der Waals surface area contributed by atoms with E-state index in [1.54, 1.807) is 7.11 Å². The molecule has 94 valence electrons. The average Bonchev–Trinajstić information content (AvgIpc) is 2.31. The number of ether oxygens (including phenoxy) is 2. The fourth-order valence-corrected chi connectivity index (χ4v) is 2.15. The summed E-state index contributed by atoms with van der Waals surface area (Å²) >= 11 is 0. The number of benzene rings is 1. The molecule has 1 aliphatic heterocycles. The Morgan fingerprint density at radius 2 is 2.12 bits per heavy atom. The van der Waals surface area contributed by atoms with E-state index in [0.717, 1.165) is 30.3 Å². The summed E-state index contributed by atoms with van der Waals surface area (Å²) in [5, 5.41) is 0. The molecule has 2 rings (SSSR count). The predicted octanol–water partition coefficient (Wildman–Crippen LogP) is 1.89. The molecule has 0 spiro atoms. The number of hydrogen-bond acceptors (Lipinski definition) is 4. The van der Waals surface area contributed by atoms with Gasteiger partial charge in [-0.1, -0.05) is 0 Å². The quantitative estimate of drug-likeness (QED) is 0.797. The zero-order chi connectivity index (χ0) is 12.4. The van der Waals surface area contributed by atoms with Gasteiger partial charge in [0.15, 0.2) is 0 Å². The molecule has 1 aromatic carbocycles. The second-order valence-electron chi connectivity index (χ2n) is 4.61. The minimum Gasteiger partial charge on any atom is -0.497 e. The minimum atomic E-state index is 0.249. The molecule has 2 atom stereocenters. The zero-order valence-electron chi connectivity index (χ0n) is 10.6. The topological polar surface area (TPSA) is 47.7 Å². The molecule has 1 fully saturated rings. The lowest BCUT2D eigenvalue weighted by molar-refractivity contribution is 0.0343. The number of morpholine rings is 1. The van der Waals surface area contributed by atoms with Crippen LogP contribution in [0.3, 0.4) is 0 Å². The molecule has 17 heavy (non-hydrogen) atoms. The summed E-state index contributed by atoms with van der Waals surface area (Å²) in [4.78, 5) is 2.31. The molecular formula is C13H20N2O2. The van der Waals surface area contributed by atoms with E-state index < -0.39 is 0 Å². The molecule has 1 saturated heterocycles. The maximum Gasteiger partial charge on any atom is 0.122 e. The van der Waals surface area contributed by atoms with Crippen molar-refractivity contribution in [3.8, 4) is 5.75 Å². The van der Waals surface area contributed by atoms with Gasteiger partial charge in [-0.2, -0.15) is 0 Å². The van der Waals surface area contributed by atoms with Crippen LogP contribution in [0.25, 0.3) is 0 Å². The highest BCUT2D eigenvalue weighted by Crippen LogP contribution is 2.28. The van der Waals surface area contributed by atoms with Crippen LogP contribution in [0.5, 0.6) is 5.75 Å². The Morgan fingerprint density at radius 3 is 2.82 bits per heavy atom. The van der Waals surface area contributed by atoms with Gasteiger partial charge < -0.3 is 20.1 Å². The van der Waals surface area contributed by atoms with Gasteiger partial charge >= 0.3 is 0 Å². The van der Waals surface area contributed by atoms with Crippen LogP contribution in [0.4, 0.5) is 11.4 Å². The Labute approximate surface area is 102 Å². The standard InChI is InChI=1S/C13H20N2O2/c1-9-8-17-10(2)7-15(9)12-4-11(14)5-13(6-12)16-3/h4-6,9-10H,7-8,14H2,1-3H3. The Balaban J connectivity index is 2.28. The molecule has 4 nitrogen and oxygen atoms in total. The van der Waals surface area contributed by atoms with E-state index in [-0.39, 0.29) is 6.10 Å². The number of anilines is 2. The van der Waals surface area contributed by atoms with Gasteiger partial charge in [-0.3, -0.25) is 0 Å². The maximum absolute atomic E-state index is 5.88. The molecule has 2 unspecified atom stereocenters. The third-order valence-corrected chi connectivity index (χ3v) is 3.09. The predicted molar refractivity (Wildman–Crippen MR) is 69.6 cm³/mol. The molecule has 4 heteroatoms. The van der Waals surface area contributed by atoms with Crippen molar-refractivity contribution in [1.82, 2.24) is 0 Å². The van der Waals surface area contributed by atoms with Gasteiger partial charge in [0.2, 0.25) is 0 Å². The summed E-state index contributed by atoms with van der Waals surface area (Å²) in [6.45, 7) is 5.87. The molecule has 0 bridgehead atoms. The largest absolute Gasteiger partial charge is 0.497 e. The molecule has 1 aromatic rings. The SMILES string of the molecule is COc1cc(N)cc(N2CC(C)OCC2C)c1. The second kappa shape index (κ2) is 4.84. The van der Waals surface area contributed by atoms with Crippen molar-refractivity contribution < 1.29 is 9.47 Å². The summed E-state index contributed by atoms with van der Waals surface area (Å²) in [7, 11) is 1.66.